The van der Waals surface area contributed by atoms with Crippen molar-refractivity contribution in [3.8, 4) is 11.5 Å². The van der Waals surface area contributed by atoms with Crippen LogP contribution in [-0.4, -0.2) is 42.5 Å². The molecule has 1 amide bonds. The second-order valence-electron chi connectivity index (χ2n) is 6.95. The molecule has 1 saturated heterocycles. The minimum absolute atomic E-state index is 0.0450. The summed E-state index contributed by atoms with van der Waals surface area (Å²) in [5, 5.41) is 6.58. The Morgan fingerprint density at radius 1 is 1.17 bits per heavy atom. The van der Waals surface area contributed by atoms with Gasteiger partial charge < -0.3 is 9.32 Å². The number of likely N-dealkylation sites (tertiary alicyclic amines) is 1. The van der Waals surface area contributed by atoms with Gasteiger partial charge >= 0.3 is 0 Å². The number of nitrogens with zero attached hydrogens (tertiary/aromatic N) is 2. The van der Waals surface area contributed by atoms with Gasteiger partial charge in [0.1, 0.15) is 28.0 Å². The van der Waals surface area contributed by atoms with E-state index < -0.39 is 21.7 Å². The predicted octanol–water partition coefficient (Wildman–Crippen LogP) is 3.29. The summed E-state index contributed by atoms with van der Waals surface area (Å²) in [6, 6.07) is 3.59. The second kappa shape index (κ2) is 7.56. The largest absolute Gasteiger partial charge is 0.458 e. The van der Waals surface area contributed by atoms with Crippen molar-refractivity contribution >= 4 is 21.6 Å². The van der Waals surface area contributed by atoms with Crippen LogP contribution in [0.4, 0.5) is 14.5 Å². The normalized spacial score (nSPS) is 14.3. The lowest BCUT2D eigenvalue weighted by molar-refractivity contribution is 0.0793. The van der Waals surface area contributed by atoms with E-state index in [1.54, 1.807) is 4.90 Å². The molecule has 4 rings (SSSR count). The highest BCUT2D eigenvalue weighted by Gasteiger charge is 2.28. The zero-order valence-corrected chi connectivity index (χ0v) is 16.7. The minimum Gasteiger partial charge on any atom is -0.458 e. The third-order valence-corrected chi connectivity index (χ3v) is 6.27. The number of amides is 1. The smallest absolute Gasteiger partial charge is 0.265 e. The van der Waals surface area contributed by atoms with Crippen LogP contribution in [0.5, 0.6) is 0 Å². The van der Waals surface area contributed by atoms with Gasteiger partial charge in [0.15, 0.2) is 5.76 Å². The maximum Gasteiger partial charge on any atom is 0.265 e. The number of sulfonamides is 1. The summed E-state index contributed by atoms with van der Waals surface area (Å²) in [5.74, 6) is -1.90. The molecule has 1 aromatic carbocycles. The molecule has 1 fully saturated rings. The van der Waals surface area contributed by atoms with Crippen LogP contribution < -0.4 is 4.72 Å². The van der Waals surface area contributed by atoms with E-state index in [4.69, 9.17) is 4.42 Å². The van der Waals surface area contributed by atoms with E-state index in [2.05, 4.69) is 14.9 Å². The molecule has 158 valence electrons. The summed E-state index contributed by atoms with van der Waals surface area (Å²) in [7, 11) is -4.20. The van der Waals surface area contributed by atoms with Gasteiger partial charge in [-0.25, -0.2) is 17.2 Å². The maximum absolute atomic E-state index is 13.4. The highest BCUT2D eigenvalue weighted by molar-refractivity contribution is 7.92. The molecule has 2 N–H and O–H groups in total. The Hall–Kier alpha value is -3.21. The van der Waals surface area contributed by atoms with Gasteiger partial charge in [0.25, 0.3) is 15.9 Å². The average molecular weight is 436 g/mol. The Morgan fingerprint density at radius 3 is 2.50 bits per heavy atom. The Morgan fingerprint density at radius 2 is 1.83 bits per heavy atom. The number of hydrogen-bond donors (Lipinski definition) is 2. The SMILES string of the molecule is Cc1oc(-c2[nH]ncc2C(=O)N2CCCC2)cc1S(=O)(=O)Nc1cc(F)cc(F)c1. The number of aromatic nitrogens is 2. The fraction of sp³-hybridized carbons (Fsp3) is 0.263. The number of nitrogens with one attached hydrogen (secondary N) is 2. The zero-order valence-electron chi connectivity index (χ0n) is 15.9. The van der Waals surface area contributed by atoms with Crippen molar-refractivity contribution in [1.29, 1.82) is 0 Å². The number of halogens is 2. The van der Waals surface area contributed by atoms with E-state index in [0.29, 0.717) is 19.2 Å². The summed E-state index contributed by atoms with van der Waals surface area (Å²) in [6.07, 6.45) is 3.22. The number of carbonyl (C=O) groups is 1. The van der Waals surface area contributed by atoms with E-state index in [9.17, 15) is 22.0 Å². The first-order valence-electron chi connectivity index (χ1n) is 9.17. The predicted molar refractivity (Wildman–Crippen MR) is 103 cm³/mol. The Labute approximate surface area is 170 Å². The molecule has 1 aliphatic rings. The van der Waals surface area contributed by atoms with Gasteiger partial charge in [0, 0.05) is 25.2 Å². The molecule has 0 spiro atoms. The van der Waals surface area contributed by atoms with Crippen molar-refractivity contribution < 1.29 is 26.4 Å². The van der Waals surface area contributed by atoms with Gasteiger partial charge in [-0.15, -0.1) is 0 Å². The number of anilines is 1. The molecule has 11 heteroatoms. The third kappa shape index (κ3) is 3.80. The van der Waals surface area contributed by atoms with Crippen LogP contribution in [-0.2, 0) is 10.0 Å². The Bertz CT molecular complexity index is 1190. The monoisotopic (exact) mass is 436 g/mol. The fourth-order valence-electron chi connectivity index (χ4n) is 3.40. The highest BCUT2D eigenvalue weighted by Crippen LogP contribution is 2.31. The van der Waals surface area contributed by atoms with Crippen LogP contribution >= 0.6 is 0 Å². The second-order valence-corrected chi connectivity index (χ2v) is 8.60. The lowest BCUT2D eigenvalue weighted by Crippen LogP contribution is -2.27. The van der Waals surface area contributed by atoms with E-state index >= 15 is 0 Å². The van der Waals surface area contributed by atoms with Crippen LogP contribution in [0.1, 0.15) is 29.0 Å². The topological polar surface area (TPSA) is 108 Å². The molecule has 0 bridgehead atoms. The molecule has 3 aromatic rings. The summed E-state index contributed by atoms with van der Waals surface area (Å²) < 4.78 is 59.9. The first-order chi connectivity index (χ1) is 14.2. The zero-order chi connectivity index (χ0) is 21.5. The summed E-state index contributed by atoms with van der Waals surface area (Å²) in [6.45, 7) is 2.73. The van der Waals surface area contributed by atoms with Gasteiger partial charge in [-0.05, 0) is 31.9 Å². The van der Waals surface area contributed by atoms with E-state index in [0.717, 1.165) is 25.0 Å². The summed E-state index contributed by atoms with van der Waals surface area (Å²) in [4.78, 5) is 14.2. The van der Waals surface area contributed by atoms with Gasteiger partial charge in [0.2, 0.25) is 0 Å². The molecular formula is C19H18F2N4O4S. The van der Waals surface area contributed by atoms with Crippen LogP contribution in [0.2, 0.25) is 0 Å². The molecule has 1 aliphatic heterocycles. The lowest BCUT2D eigenvalue weighted by Gasteiger charge is -2.14. The van der Waals surface area contributed by atoms with Gasteiger partial charge in [-0.1, -0.05) is 0 Å². The Balaban J connectivity index is 1.65. The highest BCUT2D eigenvalue weighted by atomic mass is 32.2. The third-order valence-electron chi connectivity index (χ3n) is 4.79. The van der Waals surface area contributed by atoms with Crippen LogP contribution in [0, 0.1) is 18.6 Å². The number of benzene rings is 1. The average Bonchev–Trinajstić information content (AvgIpc) is 3.40. The number of rotatable bonds is 5. The first-order valence-corrected chi connectivity index (χ1v) is 10.7. The number of furan rings is 1. The van der Waals surface area contributed by atoms with Crippen LogP contribution in [0.3, 0.4) is 0 Å². The van der Waals surface area contributed by atoms with Crippen LogP contribution in [0.25, 0.3) is 11.5 Å². The van der Waals surface area contributed by atoms with Crippen molar-refractivity contribution in [3.63, 3.8) is 0 Å². The van der Waals surface area contributed by atoms with Crippen molar-refractivity contribution in [3.05, 3.63) is 53.4 Å². The molecule has 0 aliphatic carbocycles. The summed E-state index contributed by atoms with van der Waals surface area (Å²) >= 11 is 0. The van der Waals surface area contributed by atoms with Crippen molar-refractivity contribution in [2.45, 2.75) is 24.7 Å². The molecule has 2 aromatic heterocycles. The number of aromatic amines is 1. The fourth-order valence-corrected chi connectivity index (χ4v) is 4.63. The number of carbonyl (C=O) groups excluding carboxylic acids is 1. The van der Waals surface area contributed by atoms with Crippen LogP contribution in [0.15, 0.2) is 39.8 Å². The number of H-pyrrole nitrogens is 1. The molecular weight excluding hydrogens is 418 g/mol. The quantitative estimate of drug-likeness (QED) is 0.638. The minimum atomic E-state index is -4.20. The van der Waals surface area contributed by atoms with E-state index in [1.807, 2.05) is 0 Å². The summed E-state index contributed by atoms with van der Waals surface area (Å²) in [5.41, 5.74) is 0.268. The van der Waals surface area contributed by atoms with E-state index in [-0.39, 0.29) is 39.3 Å². The number of aryl methyl sites for hydroxylation is 1. The first kappa shape index (κ1) is 20.1. The van der Waals surface area contributed by atoms with Crippen molar-refractivity contribution in [2.24, 2.45) is 0 Å². The molecule has 3 heterocycles. The Kier molecular flexibility index (Phi) is 5.06. The van der Waals surface area contributed by atoms with Crippen molar-refractivity contribution in [1.82, 2.24) is 15.1 Å². The van der Waals surface area contributed by atoms with Gasteiger partial charge in [0.05, 0.1) is 17.4 Å². The van der Waals surface area contributed by atoms with Gasteiger partial charge in [-0.2, -0.15) is 5.10 Å². The number of hydrogen-bond acceptors (Lipinski definition) is 5. The van der Waals surface area contributed by atoms with Crippen molar-refractivity contribution in [2.75, 3.05) is 17.8 Å². The molecule has 8 nitrogen and oxygen atoms in total. The molecule has 0 unspecified atom stereocenters. The van der Waals surface area contributed by atoms with Gasteiger partial charge in [-0.3, -0.25) is 14.6 Å². The standard InChI is InChI=1S/C19H18F2N4O4S/c1-11-17(30(27,28)24-14-7-12(20)6-13(21)8-14)9-16(29-11)18-15(10-22-23-18)19(26)25-4-2-3-5-25/h6-10,24H,2-5H2,1H3,(H,22,23). The lowest BCUT2D eigenvalue weighted by atomic mass is 10.2. The molecule has 0 radical (unpaired) electrons. The molecule has 0 saturated carbocycles. The molecule has 0 atom stereocenters. The van der Waals surface area contributed by atoms with E-state index in [1.165, 1.54) is 19.2 Å². The molecule has 30 heavy (non-hydrogen) atoms. The maximum atomic E-state index is 13.4.